The van der Waals surface area contributed by atoms with Gasteiger partial charge in [-0.3, -0.25) is 4.79 Å². The first-order valence-corrected chi connectivity index (χ1v) is 9.00. The molecule has 24 heavy (non-hydrogen) atoms. The Labute approximate surface area is 154 Å². The van der Waals surface area contributed by atoms with Gasteiger partial charge in [-0.25, -0.2) is 4.98 Å². The quantitative estimate of drug-likeness (QED) is 0.777. The Bertz CT molecular complexity index is 718. The fourth-order valence-electron chi connectivity index (χ4n) is 3.05. The smallest absolute Gasteiger partial charge is 0.254 e. The monoisotopic (exact) mass is 408 g/mol. The van der Waals surface area contributed by atoms with Gasteiger partial charge in [0.1, 0.15) is 5.15 Å². The van der Waals surface area contributed by atoms with Gasteiger partial charge in [0, 0.05) is 35.8 Å². The van der Waals surface area contributed by atoms with Crippen LogP contribution in [0.15, 0.2) is 47.1 Å². The number of carbonyl (C=O) groups is 1. The first-order chi connectivity index (χ1) is 11.6. The van der Waals surface area contributed by atoms with E-state index >= 15 is 0 Å². The molecular weight excluding hydrogens is 392 g/mol. The van der Waals surface area contributed by atoms with Crippen LogP contribution in [-0.4, -0.2) is 30.6 Å². The zero-order valence-corrected chi connectivity index (χ0v) is 15.4. The number of hydrogen-bond donors (Lipinski definition) is 1. The second-order valence-corrected chi connectivity index (χ2v) is 7.21. The van der Waals surface area contributed by atoms with Crippen molar-refractivity contribution in [1.29, 1.82) is 0 Å². The van der Waals surface area contributed by atoms with Gasteiger partial charge in [-0.1, -0.05) is 41.9 Å². The summed E-state index contributed by atoms with van der Waals surface area (Å²) in [6, 6.07) is 12.0. The van der Waals surface area contributed by atoms with E-state index in [0.717, 1.165) is 17.3 Å². The minimum absolute atomic E-state index is 0.110. The Hall–Kier alpha value is -1.43. The minimum atomic E-state index is -0.212. The molecule has 4 nitrogen and oxygen atoms in total. The van der Waals surface area contributed by atoms with Crippen molar-refractivity contribution in [1.82, 2.24) is 10.3 Å². The van der Waals surface area contributed by atoms with E-state index in [1.807, 2.05) is 18.2 Å². The first-order valence-electron chi connectivity index (χ1n) is 7.83. The zero-order valence-electron chi connectivity index (χ0n) is 13.1. The standard InChI is InChI=1S/C18H18BrClN2O2/c19-14-10-15(16(20)21-11-14)17(23)22-12-18(6-8-24-9-7-18)13-4-2-1-3-5-13/h1-5,10-11H,6-9,12H2,(H,22,23). The van der Waals surface area contributed by atoms with Crippen LogP contribution in [0.5, 0.6) is 0 Å². The molecule has 1 aliphatic rings. The summed E-state index contributed by atoms with van der Waals surface area (Å²) in [6.45, 7) is 1.94. The Morgan fingerprint density at radius 3 is 2.71 bits per heavy atom. The van der Waals surface area contributed by atoms with Crippen molar-refractivity contribution in [3.63, 3.8) is 0 Å². The van der Waals surface area contributed by atoms with Gasteiger partial charge in [0.05, 0.1) is 5.56 Å². The predicted octanol–water partition coefficient (Wildman–Crippen LogP) is 3.98. The summed E-state index contributed by atoms with van der Waals surface area (Å²) < 4.78 is 6.25. The molecule has 0 bridgehead atoms. The summed E-state index contributed by atoms with van der Waals surface area (Å²) in [5, 5.41) is 3.24. The number of halogens is 2. The van der Waals surface area contributed by atoms with Crippen LogP contribution in [0.3, 0.4) is 0 Å². The lowest BCUT2D eigenvalue weighted by Gasteiger charge is -2.38. The number of hydrogen-bond acceptors (Lipinski definition) is 3. The van der Waals surface area contributed by atoms with E-state index in [4.69, 9.17) is 16.3 Å². The van der Waals surface area contributed by atoms with Gasteiger partial charge in [-0.05, 0) is 40.4 Å². The van der Waals surface area contributed by atoms with Crippen molar-refractivity contribution < 1.29 is 9.53 Å². The average Bonchev–Trinajstić information content (AvgIpc) is 2.63. The summed E-state index contributed by atoms with van der Waals surface area (Å²) in [7, 11) is 0. The van der Waals surface area contributed by atoms with Gasteiger partial charge in [0.2, 0.25) is 0 Å². The number of aromatic nitrogens is 1. The molecular formula is C18H18BrClN2O2. The molecule has 1 fully saturated rings. The molecule has 0 radical (unpaired) electrons. The van der Waals surface area contributed by atoms with Gasteiger partial charge in [-0.15, -0.1) is 0 Å². The fraction of sp³-hybridized carbons (Fsp3) is 0.333. The third kappa shape index (κ3) is 3.79. The van der Waals surface area contributed by atoms with Crippen molar-refractivity contribution >= 4 is 33.4 Å². The Morgan fingerprint density at radius 2 is 2.00 bits per heavy atom. The van der Waals surface area contributed by atoms with Crippen LogP contribution in [0.4, 0.5) is 0 Å². The van der Waals surface area contributed by atoms with Crippen molar-refractivity contribution in [2.24, 2.45) is 0 Å². The maximum Gasteiger partial charge on any atom is 0.254 e. The largest absolute Gasteiger partial charge is 0.381 e. The van der Waals surface area contributed by atoms with Crippen molar-refractivity contribution in [3.8, 4) is 0 Å². The second kappa shape index (κ2) is 7.64. The highest BCUT2D eigenvalue weighted by Crippen LogP contribution is 2.34. The molecule has 2 heterocycles. The van der Waals surface area contributed by atoms with E-state index in [9.17, 15) is 4.79 Å². The molecule has 1 saturated heterocycles. The molecule has 3 rings (SSSR count). The number of nitrogens with zero attached hydrogens (tertiary/aromatic N) is 1. The number of carbonyl (C=O) groups excluding carboxylic acids is 1. The number of nitrogens with one attached hydrogen (secondary N) is 1. The minimum Gasteiger partial charge on any atom is -0.381 e. The summed E-state index contributed by atoms with van der Waals surface area (Å²) in [5.41, 5.74) is 1.49. The predicted molar refractivity (Wildman–Crippen MR) is 97.5 cm³/mol. The van der Waals surface area contributed by atoms with Crippen molar-refractivity contribution in [2.75, 3.05) is 19.8 Å². The Morgan fingerprint density at radius 1 is 1.29 bits per heavy atom. The lowest BCUT2D eigenvalue weighted by Crippen LogP contribution is -2.44. The van der Waals surface area contributed by atoms with E-state index in [2.05, 4.69) is 38.4 Å². The average molecular weight is 410 g/mol. The molecule has 1 aromatic carbocycles. The maximum atomic E-state index is 12.5. The van der Waals surface area contributed by atoms with Crippen LogP contribution in [0, 0.1) is 0 Å². The van der Waals surface area contributed by atoms with Crippen LogP contribution in [0.1, 0.15) is 28.8 Å². The third-order valence-electron chi connectivity index (χ3n) is 4.47. The number of ether oxygens (including phenoxy) is 1. The van der Waals surface area contributed by atoms with Gasteiger partial charge < -0.3 is 10.1 Å². The van der Waals surface area contributed by atoms with Crippen LogP contribution < -0.4 is 5.32 Å². The molecule has 0 aliphatic carbocycles. The fourth-order valence-corrected chi connectivity index (χ4v) is 3.57. The van der Waals surface area contributed by atoms with Gasteiger partial charge in [0.15, 0.2) is 0 Å². The van der Waals surface area contributed by atoms with E-state index < -0.39 is 0 Å². The second-order valence-electron chi connectivity index (χ2n) is 5.93. The molecule has 1 aromatic heterocycles. The molecule has 0 saturated carbocycles. The molecule has 1 aliphatic heterocycles. The summed E-state index contributed by atoms with van der Waals surface area (Å²) in [6.07, 6.45) is 3.33. The van der Waals surface area contributed by atoms with Crippen LogP contribution in [0.25, 0.3) is 0 Å². The topological polar surface area (TPSA) is 51.2 Å². The molecule has 0 spiro atoms. The van der Waals surface area contributed by atoms with Crippen molar-refractivity contribution in [2.45, 2.75) is 18.3 Å². The molecule has 6 heteroatoms. The molecule has 0 unspecified atom stereocenters. The number of amides is 1. The van der Waals surface area contributed by atoms with Crippen LogP contribution in [0.2, 0.25) is 5.15 Å². The summed E-state index contributed by atoms with van der Waals surface area (Å²) in [5.74, 6) is -0.212. The normalized spacial score (nSPS) is 16.6. The van der Waals surface area contributed by atoms with E-state index in [1.54, 1.807) is 12.3 Å². The third-order valence-corrected chi connectivity index (χ3v) is 5.21. The maximum absolute atomic E-state index is 12.5. The van der Waals surface area contributed by atoms with E-state index in [1.165, 1.54) is 5.56 Å². The summed E-state index contributed by atoms with van der Waals surface area (Å²) >= 11 is 9.37. The van der Waals surface area contributed by atoms with Crippen LogP contribution >= 0.6 is 27.5 Å². The van der Waals surface area contributed by atoms with Gasteiger partial charge in [0.25, 0.3) is 5.91 Å². The van der Waals surface area contributed by atoms with Crippen LogP contribution in [-0.2, 0) is 10.2 Å². The van der Waals surface area contributed by atoms with Gasteiger partial charge in [-0.2, -0.15) is 0 Å². The highest BCUT2D eigenvalue weighted by Gasteiger charge is 2.35. The molecule has 0 atom stereocenters. The lowest BCUT2D eigenvalue weighted by atomic mass is 9.74. The van der Waals surface area contributed by atoms with E-state index in [-0.39, 0.29) is 16.5 Å². The molecule has 1 N–H and O–H groups in total. The summed E-state index contributed by atoms with van der Waals surface area (Å²) in [4.78, 5) is 16.6. The molecule has 1 amide bonds. The van der Waals surface area contributed by atoms with E-state index in [0.29, 0.717) is 25.3 Å². The SMILES string of the molecule is O=C(NCC1(c2ccccc2)CCOCC1)c1cc(Br)cnc1Cl. The first kappa shape index (κ1) is 17.4. The van der Waals surface area contributed by atoms with Crippen molar-refractivity contribution in [3.05, 3.63) is 63.3 Å². The number of pyridine rings is 1. The number of benzene rings is 1. The highest BCUT2D eigenvalue weighted by atomic mass is 79.9. The highest BCUT2D eigenvalue weighted by molar-refractivity contribution is 9.10. The molecule has 2 aromatic rings. The van der Waals surface area contributed by atoms with Gasteiger partial charge >= 0.3 is 0 Å². The lowest BCUT2D eigenvalue weighted by molar-refractivity contribution is 0.0487. The number of rotatable bonds is 4. The Kier molecular flexibility index (Phi) is 5.54. The molecule has 126 valence electrons. The zero-order chi connectivity index (χ0) is 17.0. The Balaban J connectivity index is 1.79.